The van der Waals surface area contributed by atoms with Gasteiger partial charge < -0.3 is 4.90 Å². The van der Waals surface area contributed by atoms with Crippen LogP contribution >= 0.6 is 11.6 Å². The summed E-state index contributed by atoms with van der Waals surface area (Å²) in [7, 11) is 0. The summed E-state index contributed by atoms with van der Waals surface area (Å²) in [6.07, 6.45) is 0.822. The Balaban J connectivity index is 3.22. The van der Waals surface area contributed by atoms with E-state index in [4.69, 9.17) is 11.6 Å². The fraction of sp³-hybridized carbons (Fsp3) is 0.417. The molecule has 3 heteroatoms. The summed E-state index contributed by atoms with van der Waals surface area (Å²) in [5, 5.41) is 0.515. The molecule has 0 aliphatic heterocycles. The van der Waals surface area contributed by atoms with E-state index < -0.39 is 0 Å². The largest absolute Gasteiger partial charge is 0.369 e. The van der Waals surface area contributed by atoms with E-state index in [2.05, 4.69) is 25.7 Å². The number of halogens is 1. The van der Waals surface area contributed by atoms with Crippen LogP contribution in [0, 0.1) is 0 Å². The molecule has 0 aliphatic rings. The molecule has 0 amide bonds. The van der Waals surface area contributed by atoms with Gasteiger partial charge in [0.2, 0.25) is 0 Å². The molecule has 1 aromatic rings. The lowest BCUT2D eigenvalue weighted by molar-refractivity contribution is 0.112. The molecule has 82 valence electrons. The molecule has 0 radical (unpaired) electrons. The van der Waals surface area contributed by atoms with E-state index in [9.17, 15) is 4.79 Å². The molecule has 0 saturated heterocycles. The van der Waals surface area contributed by atoms with Crippen molar-refractivity contribution in [3.8, 4) is 0 Å². The fourth-order valence-corrected chi connectivity index (χ4v) is 1.92. The van der Waals surface area contributed by atoms with Crippen LogP contribution in [-0.2, 0) is 0 Å². The van der Waals surface area contributed by atoms with Crippen LogP contribution in [0.15, 0.2) is 18.2 Å². The maximum absolute atomic E-state index is 11.0. The van der Waals surface area contributed by atoms with E-state index >= 15 is 0 Å². The van der Waals surface area contributed by atoms with Crippen LogP contribution in [0.2, 0.25) is 5.02 Å². The van der Waals surface area contributed by atoms with Crippen LogP contribution in [0.1, 0.15) is 31.1 Å². The Kier molecular flexibility index (Phi) is 4.15. The molecule has 0 unspecified atom stereocenters. The standard InChI is InChI=1S/C12H16ClNO/c1-4-14(9(2)3)12-7-5-6-11(13)10(12)8-15/h5-9H,4H2,1-3H3. The molecule has 0 heterocycles. The van der Waals surface area contributed by atoms with Crippen molar-refractivity contribution in [1.29, 1.82) is 0 Å². The smallest absolute Gasteiger partial charge is 0.153 e. The summed E-state index contributed by atoms with van der Waals surface area (Å²) >= 11 is 5.98. The molecule has 0 fully saturated rings. The molecule has 0 aromatic heterocycles. The maximum Gasteiger partial charge on any atom is 0.153 e. The third-order valence-corrected chi connectivity index (χ3v) is 2.75. The first-order valence-electron chi connectivity index (χ1n) is 5.12. The average Bonchev–Trinajstić information content (AvgIpc) is 2.18. The zero-order valence-corrected chi connectivity index (χ0v) is 10.1. The van der Waals surface area contributed by atoms with E-state index in [1.165, 1.54) is 0 Å². The topological polar surface area (TPSA) is 20.3 Å². The van der Waals surface area contributed by atoms with Gasteiger partial charge in [-0.25, -0.2) is 0 Å². The summed E-state index contributed by atoms with van der Waals surface area (Å²) in [5.41, 5.74) is 1.49. The van der Waals surface area contributed by atoms with Crippen molar-refractivity contribution in [3.63, 3.8) is 0 Å². The Morgan fingerprint density at radius 2 is 2.13 bits per heavy atom. The summed E-state index contributed by atoms with van der Waals surface area (Å²) in [5.74, 6) is 0. The molecule has 2 nitrogen and oxygen atoms in total. The highest BCUT2D eigenvalue weighted by atomic mass is 35.5. The predicted octanol–water partition coefficient (Wildman–Crippen LogP) is 3.39. The van der Waals surface area contributed by atoms with Crippen LogP contribution in [0.4, 0.5) is 5.69 Å². The minimum Gasteiger partial charge on any atom is -0.369 e. The molecule has 0 bridgehead atoms. The third kappa shape index (κ3) is 2.51. The number of hydrogen-bond donors (Lipinski definition) is 0. The third-order valence-electron chi connectivity index (χ3n) is 2.42. The van der Waals surface area contributed by atoms with Crippen LogP contribution in [0.25, 0.3) is 0 Å². The lowest BCUT2D eigenvalue weighted by Crippen LogP contribution is -2.31. The van der Waals surface area contributed by atoms with Gasteiger partial charge in [0, 0.05) is 18.3 Å². The first kappa shape index (κ1) is 12.1. The van der Waals surface area contributed by atoms with Gasteiger partial charge in [0.15, 0.2) is 6.29 Å². The summed E-state index contributed by atoms with van der Waals surface area (Å²) < 4.78 is 0. The number of benzene rings is 1. The van der Waals surface area contributed by atoms with E-state index in [1.807, 2.05) is 12.1 Å². The molecule has 0 atom stereocenters. The minimum absolute atomic E-state index is 0.354. The van der Waals surface area contributed by atoms with Crippen LogP contribution in [0.5, 0.6) is 0 Å². The van der Waals surface area contributed by atoms with Gasteiger partial charge in [-0.3, -0.25) is 4.79 Å². The van der Waals surface area contributed by atoms with Crippen molar-refractivity contribution >= 4 is 23.6 Å². The fourth-order valence-electron chi connectivity index (χ4n) is 1.71. The van der Waals surface area contributed by atoms with E-state index in [-0.39, 0.29) is 0 Å². The number of hydrogen-bond acceptors (Lipinski definition) is 2. The molecular formula is C12H16ClNO. The monoisotopic (exact) mass is 225 g/mol. The van der Waals surface area contributed by atoms with Crippen molar-refractivity contribution in [2.24, 2.45) is 0 Å². The van der Waals surface area contributed by atoms with E-state index in [0.717, 1.165) is 18.5 Å². The maximum atomic E-state index is 11.0. The van der Waals surface area contributed by atoms with Gasteiger partial charge in [0.25, 0.3) is 0 Å². The normalized spacial score (nSPS) is 10.5. The second-order valence-corrected chi connectivity index (χ2v) is 4.08. The SMILES string of the molecule is CCN(c1cccc(Cl)c1C=O)C(C)C. The number of nitrogens with zero attached hydrogens (tertiary/aromatic N) is 1. The van der Waals surface area contributed by atoms with Gasteiger partial charge in [-0.05, 0) is 32.9 Å². The number of carbonyl (C=O) groups excluding carboxylic acids is 1. The predicted molar refractivity (Wildman–Crippen MR) is 65.0 cm³/mol. The lowest BCUT2D eigenvalue weighted by Gasteiger charge is -2.28. The molecule has 0 aliphatic carbocycles. The van der Waals surface area contributed by atoms with Crippen molar-refractivity contribution in [3.05, 3.63) is 28.8 Å². The second kappa shape index (κ2) is 5.17. The number of anilines is 1. The molecule has 0 spiro atoms. The first-order chi connectivity index (χ1) is 7.11. The van der Waals surface area contributed by atoms with Crippen molar-refractivity contribution in [1.82, 2.24) is 0 Å². The van der Waals surface area contributed by atoms with Gasteiger partial charge in [0.05, 0.1) is 10.6 Å². The Morgan fingerprint density at radius 3 is 2.60 bits per heavy atom. The molecule has 1 aromatic carbocycles. The van der Waals surface area contributed by atoms with Crippen LogP contribution < -0.4 is 4.90 Å². The quantitative estimate of drug-likeness (QED) is 0.733. The van der Waals surface area contributed by atoms with Gasteiger partial charge in [-0.2, -0.15) is 0 Å². The van der Waals surface area contributed by atoms with Crippen LogP contribution in [-0.4, -0.2) is 18.9 Å². The number of aldehydes is 1. The lowest BCUT2D eigenvalue weighted by atomic mass is 10.1. The Bertz CT molecular complexity index is 349. The number of carbonyl (C=O) groups is 1. The molecule has 0 N–H and O–H groups in total. The summed E-state index contributed by atoms with van der Waals surface area (Å²) in [4.78, 5) is 13.1. The van der Waals surface area contributed by atoms with Crippen molar-refractivity contribution in [2.75, 3.05) is 11.4 Å². The van der Waals surface area contributed by atoms with Gasteiger partial charge in [-0.15, -0.1) is 0 Å². The minimum atomic E-state index is 0.354. The van der Waals surface area contributed by atoms with Gasteiger partial charge in [0.1, 0.15) is 0 Å². The Hall–Kier alpha value is -1.02. The highest BCUT2D eigenvalue weighted by Gasteiger charge is 2.14. The second-order valence-electron chi connectivity index (χ2n) is 3.67. The highest BCUT2D eigenvalue weighted by Crippen LogP contribution is 2.27. The van der Waals surface area contributed by atoms with Gasteiger partial charge >= 0.3 is 0 Å². The highest BCUT2D eigenvalue weighted by molar-refractivity contribution is 6.33. The molecule has 15 heavy (non-hydrogen) atoms. The zero-order valence-electron chi connectivity index (χ0n) is 9.33. The zero-order chi connectivity index (χ0) is 11.4. The van der Waals surface area contributed by atoms with E-state index in [0.29, 0.717) is 16.6 Å². The summed E-state index contributed by atoms with van der Waals surface area (Å²) in [6.45, 7) is 7.12. The Morgan fingerprint density at radius 1 is 1.47 bits per heavy atom. The van der Waals surface area contributed by atoms with Crippen molar-refractivity contribution < 1.29 is 4.79 Å². The molecular weight excluding hydrogens is 210 g/mol. The van der Waals surface area contributed by atoms with E-state index in [1.54, 1.807) is 6.07 Å². The molecule has 0 saturated carbocycles. The van der Waals surface area contributed by atoms with Crippen LogP contribution in [0.3, 0.4) is 0 Å². The average molecular weight is 226 g/mol. The first-order valence-corrected chi connectivity index (χ1v) is 5.50. The summed E-state index contributed by atoms with van der Waals surface area (Å²) in [6, 6.07) is 5.89. The van der Waals surface area contributed by atoms with Gasteiger partial charge in [-0.1, -0.05) is 17.7 Å². The van der Waals surface area contributed by atoms with Crippen molar-refractivity contribution in [2.45, 2.75) is 26.8 Å². The molecule has 1 rings (SSSR count). The Labute approximate surface area is 95.8 Å². The number of rotatable bonds is 4.